The maximum Gasteiger partial charge on any atom is 0.267 e. The molecule has 0 saturated carbocycles. The molecule has 0 unspecified atom stereocenters. The quantitative estimate of drug-likeness (QED) is 0.435. The Kier molecular flexibility index (Phi) is 4.25. The number of anilines is 1. The molecule has 1 amide bonds. The van der Waals surface area contributed by atoms with E-state index in [-0.39, 0.29) is 28.5 Å². The van der Waals surface area contributed by atoms with Crippen molar-refractivity contribution < 1.29 is 9.21 Å². The lowest BCUT2D eigenvalue weighted by atomic mass is 10.2. The summed E-state index contributed by atoms with van der Waals surface area (Å²) in [4.78, 5) is 34.6. The number of nitrogens with one attached hydrogen (secondary N) is 2. The number of nitrogens with zero attached hydrogens (tertiary/aromatic N) is 4. The Morgan fingerprint density at radius 2 is 2.17 bits per heavy atom. The number of thiazole rings is 1. The minimum absolute atomic E-state index is 0.0408. The summed E-state index contributed by atoms with van der Waals surface area (Å²) < 4.78 is 8.33. The number of carbonyl (C=O) groups is 1. The molecule has 5 aromatic rings. The summed E-state index contributed by atoms with van der Waals surface area (Å²) in [6.07, 6.45) is 4.71. The highest BCUT2D eigenvalue weighted by Gasteiger charge is 2.19. The van der Waals surface area contributed by atoms with Crippen LogP contribution in [0.1, 0.15) is 16.1 Å². The Morgan fingerprint density at radius 1 is 1.27 bits per heavy atom. The molecule has 0 atom stereocenters. The summed E-state index contributed by atoms with van der Waals surface area (Å²) in [6, 6.07) is 10.1. The summed E-state index contributed by atoms with van der Waals surface area (Å²) in [5, 5.41) is 13.7. The normalized spacial score (nSPS) is 11.2. The van der Waals surface area contributed by atoms with Crippen LogP contribution in [0, 0.1) is 5.41 Å². The third-order valence-corrected chi connectivity index (χ3v) is 5.30. The molecule has 10 heteroatoms. The van der Waals surface area contributed by atoms with Crippen molar-refractivity contribution in [2.45, 2.75) is 6.54 Å². The van der Waals surface area contributed by atoms with Crippen molar-refractivity contribution in [2.24, 2.45) is 0 Å². The zero-order valence-corrected chi connectivity index (χ0v) is 16.2. The second kappa shape index (κ2) is 7.08. The van der Waals surface area contributed by atoms with Crippen LogP contribution in [0.3, 0.4) is 0 Å². The van der Waals surface area contributed by atoms with Gasteiger partial charge in [-0.25, -0.2) is 9.97 Å². The van der Waals surface area contributed by atoms with E-state index in [1.807, 2.05) is 0 Å². The maximum absolute atomic E-state index is 13.1. The van der Waals surface area contributed by atoms with E-state index in [1.165, 1.54) is 32.6 Å². The van der Waals surface area contributed by atoms with E-state index in [1.54, 1.807) is 48.1 Å². The fraction of sp³-hybridized carbons (Fsp3) is 0.0500. The Bertz CT molecular complexity index is 1500. The number of amides is 1. The molecule has 5 rings (SSSR count). The lowest BCUT2D eigenvalue weighted by Crippen LogP contribution is -2.32. The number of aromatic nitrogens is 4. The summed E-state index contributed by atoms with van der Waals surface area (Å²) in [5.41, 5.74) is 0.382. The van der Waals surface area contributed by atoms with Gasteiger partial charge in [-0.1, -0.05) is 6.07 Å². The first-order valence-corrected chi connectivity index (χ1v) is 9.82. The standard InChI is InChI=1S/C20H14N6O3S/c21-16-13(18(27)24-20-22-6-9-30-20)10-14-17(26(16)11-12-4-3-8-29-12)23-15-5-1-2-7-25(15)19(14)28/h1-10,21H,11H2,(H,22,24,27). The van der Waals surface area contributed by atoms with E-state index in [0.717, 1.165) is 0 Å². The zero-order valence-electron chi connectivity index (χ0n) is 15.4. The molecular weight excluding hydrogens is 404 g/mol. The molecule has 0 fully saturated rings. The summed E-state index contributed by atoms with van der Waals surface area (Å²) in [5.74, 6) is 0.0462. The lowest BCUT2D eigenvalue weighted by molar-refractivity contribution is 0.102. The smallest absolute Gasteiger partial charge is 0.267 e. The predicted molar refractivity (Wildman–Crippen MR) is 111 cm³/mol. The number of fused-ring (bicyclic) bond motifs is 2. The fourth-order valence-electron chi connectivity index (χ4n) is 3.22. The van der Waals surface area contributed by atoms with Crippen molar-refractivity contribution in [3.8, 4) is 0 Å². The molecule has 2 N–H and O–H groups in total. The van der Waals surface area contributed by atoms with Crippen molar-refractivity contribution in [1.29, 1.82) is 5.41 Å². The number of pyridine rings is 2. The van der Waals surface area contributed by atoms with Gasteiger partial charge in [-0.2, -0.15) is 0 Å². The van der Waals surface area contributed by atoms with Crippen molar-refractivity contribution in [1.82, 2.24) is 18.9 Å². The third kappa shape index (κ3) is 2.99. The fourth-order valence-corrected chi connectivity index (χ4v) is 3.75. The van der Waals surface area contributed by atoms with Gasteiger partial charge in [-0.3, -0.25) is 24.7 Å². The summed E-state index contributed by atoms with van der Waals surface area (Å²) in [6.45, 7) is 0.149. The monoisotopic (exact) mass is 418 g/mol. The number of hydrogen-bond donors (Lipinski definition) is 2. The molecule has 5 heterocycles. The van der Waals surface area contributed by atoms with Gasteiger partial charge in [-0.15, -0.1) is 11.3 Å². The predicted octanol–water partition coefficient (Wildman–Crippen LogP) is 2.48. The first kappa shape index (κ1) is 18.0. The van der Waals surface area contributed by atoms with Crippen molar-refractivity contribution in [3.63, 3.8) is 0 Å². The second-order valence-corrected chi connectivity index (χ2v) is 7.34. The molecule has 0 spiro atoms. The first-order valence-electron chi connectivity index (χ1n) is 8.94. The molecule has 0 aliphatic carbocycles. The first-order chi connectivity index (χ1) is 14.6. The Morgan fingerprint density at radius 3 is 2.93 bits per heavy atom. The molecule has 148 valence electrons. The van der Waals surface area contributed by atoms with Gasteiger partial charge in [0.05, 0.1) is 23.8 Å². The van der Waals surface area contributed by atoms with Crippen LogP contribution in [-0.2, 0) is 6.54 Å². The van der Waals surface area contributed by atoms with Gasteiger partial charge in [0.2, 0.25) is 0 Å². The van der Waals surface area contributed by atoms with Gasteiger partial charge in [0.15, 0.2) is 5.13 Å². The molecule has 9 nitrogen and oxygen atoms in total. The van der Waals surface area contributed by atoms with Crippen LogP contribution >= 0.6 is 11.3 Å². The molecule has 30 heavy (non-hydrogen) atoms. The molecule has 0 aliphatic heterocycles. The molecular formula is C20H14N6O3S. The van der Waals surface area contributed by atoms with Crippen LogP contribution in [-0.4, -0.2) is 24.8 Å². The van der Waals surface area contributed by atoms with Gasteiger partial charge in [0, 0.05) is 17.8 Å². The molecule has 0 bridgehead atoms. The lowest BCUT2D eigenvalue weighted by Gasteiger charge is -2.13. The summed E-state index contributed by atoms with van der Waals surface area (Å²) >= 11 is 1.26. The van der Waals surface area contributed by atoms with Gasteiger partial charge in [0.1, 0.15) is 22.5 Å². The van der Waals surface area contributed by atoms with Gasteiger partial charge in [0.25, 0.3) is 11.5 Å². The Balaban J connectivity index is 1.78. The van der Waals surface area contributed by atoms with E-state index in [0.29, 0.717) is 22.2 Å². The highest BCUT2D eigenvalue weighted by molar-refractivity contribution is 7.13. The van der Waals surface area contributed by atoms with Crippen molar-refractivity contribution in [3.05, 3.63) is 87.6 Å². The van der Waals surface area contributed by atoms with Crippen LogP contribution in [0.25, 0.3) is 16.7 Å². The van der Waals surface area contributed by atoms with Crippen molar-refractivity contribution in [2.75, 3.05) is 5.32 Å². The minimum Gasteiger partial charge on any atom is -0.467 e. The van der Waals surface area contributed by atoms with Gasteiger partial charge >= 0.3 is 0 Å². The average molecular weight is 418 g/mol. The van der Waals surface area contributed by atoms with E-state index in [4.69, 9.17) is 9.83 Å². The highest BCUT2D eigenvalue weighted by atomic mass is 32.1. The van der Waals surface area contributed by atoms with E-state index in [9.17, 15) is 9.59 Å². The van der Waals surface area contributed by atoms with Crippen LogP contribution in [0.15, 0.2) is 69.6 Å². The number of rotatable bonds is 4. The highest BCUT2D eigenvalue weighted by Crippen LogP contribution is 2.15. The molecule has 0 radical (unpaired) electrons. The molecule has 0 aliphatic rings. The van der Waals surface area contributed by atoms with Gasteiger partial charge in [-0.05, 0) is 30.3 Å². The van der Waals surface area contributed by atoms with Crippen LogP contribution < -0.4 is 16.4 Å². The van der Waals surface area contributed by atoms with Crippen molar-refractivity contribution >= 4 is 39.1 Å². The molecule has 0 aromatic carbocycles. The molecule has 5 aromatic heterocycles. The van der Waals surface area contributed by atoms with E-state index < -0.39 is 5.91 Å². The SMILES string of the molecule is N=c1c(C(=O)Nc2nccs2)cc2c(=O)n3ccccc3nc2n1Cc1ccco1. The topological polar surface area (TPSA) is 118 Å². The van der Waals surface area contributed by atoms with E-state index in [2.05, 4.69) is 15.3 Å². The third-order valence-electron chi connectivity index (χ3n) is 4.61. The molecule has 0 saturated heterocycles. The summed E-state index contributed by atoms with van der Waals surface area (Å²) in [7, 11) is 0. The number of hydrogen-bond acceptors (Lipinski definition) is 7. The van der Waals surface area contributed by atoms with Crippen LogP contribution in [0.4, 0.5) is 5.13 Å². The maximum atomic E-state index is 13.1. The number of furan rings is 1. The zero-order chi connectivity index (χ0) is 20.7. The average Bonchev–Trinajstić information content (AvgIpc) is 3.44. The Labute approximate surface area is 172 Å². The minimum atomic E-state index is -0.525. The number of carbonyl (C=O) groups excluding carboxylic acids is 1. The second-order valence-electron chi connectivity index (χ2n) is 6.45. The van der Waals surface area contributed by atoms with E-state index >= 15 is 0 Å². The Hall–Kier alpha value is -4.05. The van der Waals surface area contributed by atoms with Gasteiger partial charge < -0.3 is 8.98 Å². The van der Waals surface area contributed by atoms with Crippen LogP contribution in [0.2, 0.25) is 0 Å². The largest absolute Gasteiger partial charge is 0.467 e. The van der Waals surface area contributed by atoms with Crippen LogP contribution in [0.5, 0.6) is 0 Å².